The van der Waals surface area contributed by atoms with Crippen LogP contribution in [0.2, 0.25) is 0 Å². The second-order valence-corrected chi connectivity index (χ2v) is 9.97. The maximum absolute atomic E-state index is 12.8. The minimum absolute atomic E-state index is 0.199. The minimum Gasteiger partial charge on any atom is -0.465 e. The number of methoxy groups -OCH3 is 1. The Morgan fingerprint density at radius 1 is 1.24 bits per heavy atom. The molecular weight excluding hydrogens is 442 g/mol. The monoisotopic (exact) mass is 473 g/mol. The van der Waals surface area contributed by atoms with Gasteiger partial charge < -0.3 is 19.6 Å². The van der Waals surface area contributed by atoms with E-state index in [9.17, 15) is 14.7 Å². The zero-order valence-electron chi connectivity index (χ0n) is 19.7. The lowest BCUT2D eigenvalue weighted by molar-refractivity contribution is -0.0574. The summed E-state index contributed by atoms with van der Waals surface area (Å²) in [6, 6.07) is 9.89. The fourth-order valence-corrected chi connectivity index (χ4v) is 4.60. The van der Waals surface area contributed by atoms with E-state index in [1.807, 2.05) is 56.0 Å². The van der Waals surface area contributed by atoms with Gasteiger partial charge in [0.2, 0.25) is 0 Å². The molecule has 0 saturated carbocycles. The molecule has 2 N–H and O–H groups in total. The first-order valence-corrected chi connectivity index (χ1v) is 11.6. The Bertz CT molecular complexity index is 1150. The third-order valence-corrected chi connectivity index (χ3v) is 6.19. The number of nitrogens with zero attached hydrogens (tertiary/aromatic N) is 2. The van der Waals surface area contributed by atoms with Crippen LogP contribution in [0.3, 0.4) is 0 Å². The summed E-state index contributed by atoms with van der Waals surface area (Å²) in [6.45, 7) is 8.96. The van der Waals surface area contributed by atoms with E-state index in [-0.39, 0.29) is 17.8 Å². The number of H-pyrrole nitrogens is 1. The Kier molecular flexibility index (Phi) is 8.01. The molecule has 178 valence electrons. The van der Waals surface area contributed by atoms with Crippen molar-refractivity contribution in [1.29, 1.82) is 0 Å². The number of fused-ring (bicyclic) bond motifs is 1. The first-order chi connectivity index (χ1) is 15.6. The zero-order chi connectivity index (χ0) is 24.2. The van der Waals surface area contributed by atoms with Crippen LogP contribution in [0, 0.1) is 6.92 Å². The van der Waals surface area contributed by atoms with E-state index < -0.39 is 12.1 Å². The molecule has 0 aliphatic rings. The SMILES string of the molecule is COC(=O)c1sc2nc(CN(Cc3ccccc3)C[C@@H](O)COC(C)(C)C)[nH]c(=O)c2c1C. The van der Waals surface area contributed by atoms with Crippen molar-refractivity contribution in [2.75, 3.05) is 20.3 Å². The molecule has 0 bridgehead atoms. The van der Waals surface area contributed by atoms with Crippen LogP contribution in [0.5, 0.6) is 0 Å². The number of aromatic amines is 1. The smallest absolute Gasteiger partial charge is 0.348 e. The highest BCUT2D eigenvalue weighted by Gasteiger charge is 2.21. The van der Waals surface area contributed by atoms with Crippen LogP contribution in [0.25, 0.3) is 10.2 Å². The Hall–Kier alpha value is -2.59. The van der Waals surface area contributed by atoms with Gasteiger partial charge in [0.25, 0.3) is 5.56 Å². The molecule has 2 heterocycles. The lowest BCUT2D eigenvalue weighted by Crippen LogP contribution is -2.37. The molecule has 0 aliphatic carbocycles. The van der Waals surface area contributed by atoms with Crippen molar-refractivity contribution in [2.45, 2.75) is 52.5 Å². The number of benzene rings is 1. The van der Waals surface area contributed by atoms with E-state index in [0.717, 1.165) is 16.9 Å². The van der Waals surface area contributed by atoms with Crippen LogP contribution < -0.4 is 5.56 Å². The molecule has 2 aromatic heterocycles. The van der Waals surface area contributed by atoms with E-state index in [2.05, 4.69) is 9.97 Å². The largest absolute Gasteiger partial charge is 0.465 e. The minimum atomic E-state index is -0.710. The number of thiophene rings is 1. The average Bonchev–Trinajstić information content (AvgIpc) is 3.08. The summed E-state index contributed by atoms with van der Waals surface area (Å²) in [5, 5.41) is 11.0. The summed E-state index contributed by atoms with van der Waals surface area (Å²) in [5.74, 6) is -0.0193. The summed E-state index contributed by atoms with van der Waals surface area (Å²) in [7, 11) is 1.31. The normalized spacial score (nSPS) is 12.9. The number of esters is 1. The molecule has 3 rings (SSSR count). The molecule has 0 fully saturated rings. The maximum atomic E-state index is 12.8. The fourth-order valence-electron chi connectivity index (χ4n) is 3.49. The van der Waals surface area contributed by atoms with Crippen LogP contribution in [-0.4, -0.2) is 57.9 Å². The molecule has 3 aromatic rings. The first kappa shape index (κ1) is 25.0. The highest BCUT2D eigenvalue weighted by molar-refractivity contribution is 7.20. The topological polar surface area (TPSA) is 105 Å². The quantitative estimate of drug-likeness (QED) is 0.460. The Labute approximate surface area is 197 Å². The molecule has 0 saturated heterocycles. The van der Waals surface area contributed by atoms with Gasteiger partial charge in [-0.25, -0.2) is 9.78 Å². The van der Waals surface area contributed by atoms with Crippen LogP contribution in [0.15, 0.2) is 35.1 Å². The van der Waals surface area contributed by atoms with E-state index >= 15 is 0 Å². The van der Waals surface area contributed by atoms with Crippen molar-refractivity contribution in [3.05, 3.63) is 62.5 Å². The van der Waals surface area contributed by atoms with Crippen molar-refractivity contribution >= 4 is 27.5 Å². The summed E-state index contributed by atoms with van der Waals surface area (Å²) in [6.07, 6.45) is -0.710. The first-order valence-electron chi connectivity index (χ1n) is 10.8. The molecule has 0 unspecified atom stereocenters. The van der Waals surface area contributed by atoms with Crippen molar-refractivity contribution in [3.63, 3.8) is 0 Å². The number of aromatic nitrogens is 2. The summed E-state index contributed by atoms with van der Waals surface area (Å²) < 4.78 is 10.5. The summed E-state index contributed by atoms with van der Waals surface area (Å²) >= 11 is 1.15. The molecule has 1 atom stereocenters. The van der Waals surface area contributed by atoms with Gasteiger partial charge in [-0.2, -0.15) is 0 Å². The molecule has 0 aliphatic heterocycles. The standard InChI is InChI=1S/C24H31N3O5S/c1-15-19-21(29)25-18(26-22(19)33-20(15)23(30)31-5)13-27(11-16-9-7-6-8-10-16)12-17(28)14-32-24(2,3)4/h6-10,17,28H,11-14H2,1-5H3,(H,25,26,29)/t17-/m1/s1. The van der Waals surface area contributed by atoms with Gasteiger partial charge in [0.1, 0.15) is 15.5 Å². The van der Waals surface area contributed by atoms with E-state index in [1.54, 1.807) is 6.92 Å². The number of aryl methyl sites for hydroxylation is 1. The van der Waals surface area contributed by atoms with Crippen molar-refractivity contribution in [2.24, 2.45) is 0 Å². The zero-order valence-corrected chi connectivity index (χ0v) is 20.5. The number of carbonyl (C=O) groups is 1. The third kappa shape index (κ3) is 6.70. The highest BCUT2D eigenvalue weighted by Crippen LogP contribution is 2.27. The van der Waals surface area contributed by atoms with Gasteiger partial charge in [0.15, 0.2) is 0 Å². The Morgan fingerprint density at radius 2 is 1.94 bits per heavy atom. The van der Waals surface area contributed by atoms with Gasteiger partial charge in [0, 0.05) is 13.1 Å². The third-order valence-electron chi connectivity index (χ3n) is 5.02. The number of rotatable bonds is 9. The number of hydrogen-bond donors (Lipinski definition) is 2. The van der Waals surface area contributed by atoms with Gasteiger partial charge >= 0.3 is 5.97 Å². The Balaban J connectivity index is 1.86. The van der Waals surface area contributed by atoms with Crippen molar-refractivity contribution in [1.82, 2.24) is 14.9 Å². The maximum Gasteiger partial charge on any atom is 0.348 e. The molecule has 0 spiro atoms. The van der Waals surface area contributed by atoms with Crippen LogP contribution in [0.1, 0.15) is 47.4 Å². The van der Waals surface area contributed by atoms with Crippen LogP contribution in [0.4, 0.5) is 0 Å². The lowest BCUT2D eigenvalue weighted by atomic mass is 10.2. The van der Waals surface area contributed by atoms with Gasteiger partial charge in [-0.1, -0.05) is 30.3 Å². The molecule has 1 aromatic carbocycles. The Morgan fingerprint density at radius 3 is 2.58 bits per heavy atom. The van der Waals surface area contributed by atoms with E-state index in [0.29, 0.717) is 46.1 Å². The van der Waals surface area contributed by atoms with Gasteiger partial charge in [0.05, 0.1) is 37.4 Å². The molecule has 0 radical (unpaired) electrons. The number of ether oxygens (including phenoxy) is 2. The van der Waals surface area contributed by atoms with E-state index in [4.69, 9.17) is 9.47 Å². The second-order valence-electron chi connectivity index (χ2n) is 8.97. The highest BCUT2D eigenvalue weighted by atomic mass is 32.1. The van der Waals surface area contributed by atoms with E-state index in [1.165, 1.54) is 7.11 Å². The predicted molar refractivity (Wildman–Crippen MR) is 129 cm³/mol. The van der Waals surface area contributed by atoms with Crippen LogP contribution in [-0.2, 0) is 22.6 Å². The second kappa shape index (κ2) is 10.6. The molecule has 9 heteroatoms. The van der Waals surface area contributed by atoms with Gasteiger partial charge in [-0.05, 0) is 38.8 Å². The molecule has 8 nitrogen and oxygen atoms in total. The number of aliphatic hydroxyl groups is 1. The predicted octanol–water partition coefficient (Wildman–Crippen LogP) is 3.26. The fraction of sp³-hybridized carbons (Fsp3) is 0.458. The number of carbonyl (C=O) groups excluding carboxylic acids is 1. The van der Waals surface area contributed by atoms with Crippen LogP contribution >= 0.6 is 11.3 Å². The van der Waals surface area contributed by atoms with Crippen molar-refractivity contribution in [3.8, 4) is 0 Å². The van der Waals surface area contributed by atoms with Gasteiger partial charge in [-0.3, -0.25) is 9.69 Å². The average molecular weight is 474 g/mol. The molecule has 33 heavy (non-hydrogen) atoms. The number of hydrogen-bond acceptors (Lipinski definition) is 8. The lowest BCUT2D eigenvalue weighted by Gasteiger charge is -2.27. The molecular formula is C24H31N3O5S. The number of nitrogens with one attached hydrogen (secondary N) is 1. The molecule has 0 amide bonds. The summed E-state index contributed by atoms with van der Waals surface area (Å²) in [5.41, 5.74) is 0.996. The summed E-state index contributed by atoms with van der Waals surface area (Å²) in [4.78, 5) is 35.1. The van der Waals surface area contributed by atoms with Gasteiger partial charge in [-0.15, -0.1) is 11.3 Å². The number of aliphatic hydroxyl groups excluding tert-OH is 1. The van der Waals surface area contributed by atoms with Crippen molar-refractivity contribution < 1.29 is 19.4 Å².